The minimum absolute atomic E-state index is 0.0312. The van der Waals surface area contributed by atoms with E-state index in [9.17, 15) is 9.18 Å². The van der Waals surface area contributed by atoms with Crippen LogP contribution in [0.5, 0.6) is 0 Å². The van der Waals surface area contributed by atoms with E-state index in [-0.39, 0.29) is 5.56 Å². The number of hydrogen-bond acceptors (Lipinski definition) is 3. The Hall–Kier alpha value is -1.62. The molecule has 0 aliphatic heterocycles. The van der Waals surface area contributed by atoms with Gasteiger partial charge in [-0.2, -0.15) is 0 Å². The molecule has 0 radical (unpaired) electrons. The molecule has 1 rings (SSSR count). The molecule has 0 unspecified atom stereocenters. The highest BCUT2D eigenvalue weighted by molar-refractivity contribution is 5.94. The molecule has 0 saturated heterocycles. The zero-order chi connectivity index (χ0) is 13.5. The van der Waals surface area contributed by atoms with Crippen molar-refractivity contribution in [3.05, 3.63) is 29.6 Å². The average Bonchev–Trinajstić information content (AvgIpc) is 2.34. The van der Waals surface area contributed by atoms with Gasteiger partial charge in [-0.05, 0) is 31.3 Å². The van der Waals surface area contributed by atoms with Gasteiger partial charge in [0.1, 0.15) is 5.82 Å². The number of anilines is 1. The van der Waals surface area contributed by atoms with Crippen LogP contribution in [0.4, 0.5) is 10.1 Å². The summed E-state index contributed by atoms with van der Waals surface area (Å²) in [5.41, 5.74) is 5.77. The van der Waals surface area contributed by atoms with Crippen LogP contribution < -0.4 is 11.1 Å². The third-order valence-corrected chi connectivity index (χ3v) is 2.85. The van der Waals surface area contributed by atoms with Gasteiger partial charge >= 0.3 is 0 Å². The summed E-state index contributed by atoms with van der Waals surface area (Å²) in [6, 6.07) is 4.07. The Morgan fingerprint density at radius 3 is 2.61 bits per heavy atom. The first kappa shape index (κ1) is 14.4. The summed E-state index contributed by atoms with van der Waals surface area (Å²) in [7, 11) is 0. The van der Waals surface area contributed by atoms with E-state index in [1.54, 1.807) is 0 Å². The Morgan fingerprint density at radius 2 is 2.06 bits per heavy atom. The van der Waals surface area contributed by atoms with Crippen molar-refractivity contribution in [1.29, 1.82) is 0 Å². The Morgan fingerprint density at radius 1 is 1.39 bits per heavy atom. The van der Waals surface area contributed by atoms with Crippen LogP contribution in [-0.2, 0) is 0 Å². The molecule has 1 aromatic rings. The van der Waals surface area contributed by atoms with Crippen molar-refractivity contribution in [2.45, 2.75) is 13.8 Å². The maximum Gasteiger partial charge on any atom is 0.254 e. The highest BCUT2D eigenvalue weighted by Crippen LogP contribution is 2.11. The maximum absolute atomic E-state index is 13.5. The van der Waals surface area contributed by atoms with E-state index in [4.69, 9.17) is 5.73 Å². The van der Waals surface area contributed by atoms with Gasteiger partial charge in [0.2, 0.25) is 0 Å². The van der Waals surface area contributed by atoms with E-state index in [1.165, 1.54) is 12.1 Å². The summed E-state index contributed by atoms with van der Waals surface area (Å²) in [5.74, 6) is -0.991. The molecule has 0 bridgehead atoms. The van der Waals surface area contributed by atoms with Crippen molar-refractivity contribution in [3.8, 4) is 0 Å². The fourth-order valence-electron chi connectivity index (χ4n) is 1.68. The maximum atomic E-state index is 13.5. The lowest BCUT2D eigenvalue weighted by Gasteiger charge is -2.18. The van der Waals surface area contributed by atoms with Crippen LogP contribution in [0.15, 0.2) is 18.2 Å². The molecule has 1 aromatic carbocycles. The summed E-state index contributed by atoms with van der Waals surface area (Å²) in [5, 5.41) is 2.70. The SMILES string of the molecule is CCN(CC)CCNC(=O)c1ccc(N)cc1F. The first-order chi connectivity index (χ1) is 8.58. The van der Waals surface area contributed by atoms with Gasteiger partial charge in [-0.1, -0.05) is 13.8 Å². The molecule has 1 amide bonds. The normalized spacial score (nSPS) is 10.7. The van der Waals surface area contributed by atoms with Crippen LogP contribution >= 0.6 is 0 Å². The molecule has 3 N–H and O–H groups in total. The monoisotopic (exact) mass is 253 g/mol. The molecule has 0 aliphatic rings. The number of nitrogen functional groups attached to an aromatic ring is 1. The van der Waals surface area contributed by atoms with Gasteiger partial charge in [0.15, 0.2) is 0 Å². The number of carbonyl (C=O) groups excluding carboxylic acids is 1. The van der Waals surface area contributed by atoms with E-state index in [1.807, 2.05) is 0 Å². The summed E-state index contributed by atoms with van der Waals surface area (Å²) in [6.45, 7) is 7.25. The van der Waals surface area contributed by atoms with Crippen LogP contribution in [0.1, 0.15) is 24.2 Å². The first-order valence-corrected chi connectivity index (χ1v) is 6.14. The Labute approximate surface area is 107 Å². The molecule has 5 heteroatoms. The average molecular weight is 253 g/mol. The predicted molar refractivity (Wildman–Crippen MR) is 70.9 cm³/mol. The molecule has 18 heavy (non-hydrogen) atoms. The highest BCUT2D eigenvalue weighted by Gasteiger charge is 2.11. The number of hydrogen-bond donors (Lipinski definition) is 2. The van der Waals surface area contributed by atoms with Crippen molar-refractivity contribution in [1.82, 2.24) is 10.2 Å². The number of benzene rings is 1. The van der Waals surface area contributed by atoms with Gasteiger partial charge in [0.25, 0.3) is 5.91 Å². The van der Waals surface area contributed by atoms with E-state index in [2.05, 4.69) is 24.1 Å². The quantitative estimate of drug-likeness (QED) is 0.755. The Balaban J connectivity index is 2.50. The number of nitrogens with two attached hydrogens (primary N) is 1. The smallest absolute Gasteiger partial charge is 0.254 e. The van der Waals surface area contributed by atoms with Gasteiger partial charge in [-0.25, -0.2) is 4.39 Å². The molecule has 0 atom stereocenters. The van der Waals surface area contributed by atoms with E-state index >= 15 is 0 Å². The number of rotatable bonds is 6. The highest BCUT2D eigenvalue weighted by atomic mass is 19.1. The second kappa shape index (κ2) is 6.96. The molecule has 4 nitrogen and oxygen atoms in total. The third kappa shape index (κ3) is 4.00. The fourth-order valence-corrected chi connectivity index (χ4v) is 1.68. The minimum Gasteiger partial charge on any atom is -0.399 e. The summed E-state index contributed by atoms with van der Waals surface area (Å²) in [6.07, 6.45) is 0. The molecule has 0 aliphatic carbocycles. The molecule has 0 spiro atoms. The topological polar surface area (TPSA) is 58.4 Å². The van der Waals surface area contributed by atoms with Crippen LogP contribution in [-0.4, -0.2) is 37.0 Å². The summed E-state index contributed by atoms with van der Waals surface area (Å²) < 4.78 is 13.5. The predicted octanol–water partition coefficient (Wildman–Crippen LogP) is 1.48. The molecule has 0 saturated carbocycles. The van der Waals surface area contributed by atoms with Crippen molar-refractivity contribution in [2.75, 3.05) is 31.9 Å². The second-order valence-electron chi connectivity index (χ2n) is 4.02. The van der Waals surface area contributed by atoms with Crippen molar-refractivity contribution < 1.29 is 9.18 Å². The van der Waals surface area contributed by atoms with Crippen LogP contribution in [0.3, 0.4) is 0 Å². The summed E-state index contributed by atoms with van der Waals surface area (Å²) in [4.78, 5) is 13.9. The lowest BCUT2D eigenvalue weighted by molar-refractivity contribution is 0.0945. The Bertz CT molecular complexity index is 405. The number of halogens is 1. The van der Waals surface area contributed by atoms with Gasteiger partial charge in [-0.15, -0.1) is 0 Å². The van der Waals surface area contributed by atoms with Gasteiger partial charge < -0.3 is 16.0 Å². The van der Waals surface area contributed by atoms with E-state index in [0.717, 1.165) is 25.7 Å². The lowest BCUT2D eigenvalue weighted by atomic mass is 10.2. The zero-order valence-electron chi connectivity index (χ0n) is 10.9. The summed E-state index contributed by atoms with van der Waals surface area (Å²) >= 11 is 0. The van der Waals surface area contributed by atoms with Crippen LogP contribution in [0.25, 0.3) is 0 Å². The van der Waals surface area contributed by atoms with Crippen molar-refractivity contribution in [3.63, 3.8) is 0 Å². The third-order valence-electron chi connectivity index (χ3n) is 2.85. The molecular weight excluding hydrogens is 233 g/mol. The van der Waals surface area contributed by atoms with Crippen molar-refractivity contribution in [2.24, 2.45) is 0 Å². The van der Waals surface area contributed by atoms with Gasteiger partial charge in [0, 0.05) is 18.8 Å². The molecule has 100 valence electrons. The number of amides is 1. The minimum atomic E-state index is -0.588. The van der Waals surface area contributed by atoms with E-state index in [0.29, 0.717) is 12.2 Å². The molecule has 0 aromatic heterocycles. The fraction of sp³-hybridized carbons (Fsp3) is 0.462. The van der Waals surface area contributed by atoms with Crippen LogP contribution in [0.2, 0.25) is 0 Å². The Kier molecular flexibility index (Phi) is 5.58. The number of likely N-dealkylation sites (N-methyl/N-ethyl adjacent to an activating group) is 1. The standard InChI is InChI=1S/C13H20FN3O/c1-3-17(4-2)8-7-16-13(18)11-6-5-10(15)9-12(11)14/h5-6,9H,3-4,7-8,15H2,1-2H3,(H,16,18). The van der Waals surface area contributed by atoms with Crippen LogP contribution in [0, 0.1) is 5.82 Å². The number of nitrogens with zero attached hydrogens (tertiary/aromatic N) is 1. The number of carbonyl (C=O) groups is 1. The first-order valence-electron chi connectivity index (χ1n) is 6.14. The lowest BCUT2D eigenvalue weighted by Crippen LogP contribution is -2.35. The largest absolute Gasteiger partial charge is 0.399 e. The van der Waals surface area contributed by atoms with Gasteiger partial charge in [-0.3, -0.25) is 4.79 Å². The van der Waals surface area contributed by atoms with E-state index < -0.39 is 11.7 Å². The van der Waals surface area contributed by atoms with Gasteiger partial charge in [0.05, 0.1) is 5.56 Å². The molecular formula is C13H20FN3O. The molecule has 0 heterocycles. The van der Waals surface area contributed by atoms with Crippen molar-refractivity contribution >= 4 is 11.6 Å². The second-order valence-corrected chi connectivity index (χ2v) is 4.02. The zero-order valence-corrected chi connectivity index (χ0v) is 10.9. The number of nitrogens with one attached hydrogen (secondary N) is 1. The molecule has 0 fully saturated rings.